The molecule has 3 rings (SSSR count). The number of nitrogens with zero attached hydrogens (tertiary/aromatic N) is 3. The van der Waals surface area contributed by atoms with Gasteiger partial charge >= 0.3 is 0 Å². The van der Waals surface area contributed by atoms with Crippen molar-refractivity contribution in [2.75, 3.05) is 6.61 Å². The summed E-state index contributed by atoms with van der Waals surface area (Å²) in [6.07, 6.45) is 7.88. The minimum absolute atomic E-state index is 0.00534. The first kappa shape index (κ1) is 14.6. The molecule has 3 heterocycles. The van der Waals surface area contributed by atoms with Crippen molar-refractivity contribution in [1.29, 1.82) is 0 Å². The van der Waals surface area contributed by atoms with E-state index in [1.165, 1.54) is 6.39 Å². The average Bonchev–Trinajstić information content (AvgIpc) is 3.00. The number of ether oxygens (including phenoxy) is 1. The zero-order valence-electron chi connectivity index (χ0n) is 12.4. The maximum atomic E-state index is 11.9. The predicted octanol–water partition coefficient (Wildman–Crippen LogP) is 1.94. The first-order chi connectivity index (χ1) is 10.7. The van der Waals surface area contributed by atoms with Gasteiger partial charge in [-0.25, -0.2) is 15.0 Å². The molecule has 1 N–H and O–H groups in total. The molecule has 1 fully saturated rings. The van der Waals surface area contributed by atoms with E-state index in [0.29, 0.717) is 18.1 Å². The number of amides is 1. The molecule has 0 aromatic carbocycles. The number of aromatic nitrogens is 3. The summed E-state index contributed by atoms with van der Waals surface area (Å²) in [6.45, 7) is 2.83. The Morgan fingerprint density at radius 2 is 2.14 bits per heavy atom. The Kier molecular flexibility index (Phi) is 4.43. The number of carbonyl (C=O) groups is 1. The molecule has 0 saturated carbocycles. The van der Waals surface area contributed by atoms with Crippen molar-refractivity contribution in [2.24, 2.45) is 0 Å². The Balaban J connectivity index is 1.57. The van der Waals surface area contributed by atoms with Gasteiger partial charge in [0, 0.05) is 31.1 Å². The number of aryl methyl sites for hydroxylation is 1. The number of oxazole rings is 1. The molecule has 0 aliphatic carbocycles. The molecule has 1 unspecified atom stereocenters. The molecule has 1 atom stereocenters. The quantitative estimate of drug-likeness (QED) is 0.928. The highest BCUT2D eigenvalue weighted by Gasteiger charge is 2.18. The molecule has 1 aliphatic rings. The van der Waals surface area contributed by atoms with Crippen molar-refractivity contribution in [3.8, 4) is 0 Å². The van der Waals surface area contributed by atoms with E-state index in [9.17, 15) is 4.79 Å². The van der Waals surface area contributed by atoms with Gasteiger partial charge in [0.15, 0.2) is 12.2 Å². The molecule has 0 spiro atoms. The fourth-order valence-electron chi connectivity index (χ4n) is 2.35. The summed E-state index contributed by atoms with van der Waals surface area (Å²) < 4.78 is 10.7. The standard InChI is InChI=1S/C15H18N4O3/c1-10-13(22-9-19-10)15(20)18-8-11-6-16-14(17-7-11)12-4-2-3-5-21-12/h6-7,9,12H,2-5,8H2,1H3,(H,18,20). The number of rotatable bonds is 4. The highest BCUT2D eigenvalue weighted by atomic mass is 16.5. The van der Waals surface area contributed by atoms with Crippen LogP contribution >= 0.6 is 0 Å². The van der Waals surface area contributed by atoms with E-state index in [4.69, 9.17) is 9.15 Å². The van der Waals surface area contributed by atoms with E-state index in [1.807, 2.05) is 0 Å². The van der Waals surface area contributed by atoms with E-state index in [2.05, 4.69) is 20.3 Å². The van der Waals surface area contributed by atoms with Gasteiger partial charge in [-0.1, -0.05) is 0 Å². The van der Waals surface area contributed by atoms with Gasteiger partial charge < -0.3 is 14.5 Å². The molecule has 22 heavy (non-hydrogen) atoms. The lowest BCUT2D eigenvalue weighted by molar-refractivity contribution is 0.00940. The lowest BCUT2D eigenvalue weighted by atomic mass is 10.1. The summed E-state index contributed by atoms with van der Waals surface area (Å²) in [4.78, 5) is 24.5. The SMILES string of the molecule is Cc1ncoc1C(=O)NCc1cnc(C2CCCCO2)nc1. The number of carbonyl (C=O) groups excluding carboxylic acids is 1. The third kappa shape index (κ3) is 3.30. The second-order valence-electron chi connectivity index (χ2n) is 5.25. The second kappa shape index (κ2) is 6.65. The van der Waals surface area contributed by atoms with Crippen LogP contribution in [0.15, 0.2) is 23.2 Å². The van der Waals surface area contributed by atoms with E-state index >= 15 is 0 Å². The Bertz CT molecular complexity index is 632. The number of hydrogen-bond acceptors (Lipinski definition) is 6. The van der Waals surface area contributed by atoms with Crippen LogP contribution in [0.1, 0.15) is 53.0 Å². The Labute approximate surface area is 128 Å². The van der Waals surface area contributed by atoms with Crippen molar-refractivity contribution in [2.45, 2.75) is 38.8 Å². The summed E-state index contributed by atoms with van der Waals surface area (Å²) in [5.74, 6) is 0.642. The Morgan fingerprint density at radius 1 is 1.32 bits per heavy atom. The van der Waals surface area contributed by atoms with Crippen molar-refractivity contribution in [3.05, 3.63) is 41.6 Å². The van der Waals surface area contributed by atoms with Gasteiger partial charge in [0.1, 0.15) is 6.10 Å². The monoisotopic (exact) mass is 302 g/mol. The third-order valence-electron chi connectivity index (χ3n) is 3.60. The molecule has 2 aromatic heterocycles. The summed E-state index contributed by atoms with van der Waals surface area (Å²) in [7, 11) is 0. The largest absolute Gasteiger partial charge is 0.438 e. The molecule has 0 bridgehead atoms. The molecule has 116 valence electrons. The Hall–Kier alpha value is -2.28. The van der Waals surface area contributed by atoms with Crippen LogP contribution in [-0.2, 0) is 11.3 Å². The number of hydrogen-bond donors (Lipinski definition) is 1. The van der Waals surface area contributed by atoms with Crippen molar-refractivity contribution in [1.82, 2.24) is 20.3 Å². The predicted molar refractivity (Wildman–Crippen MR) is 77.0 cm³/mol. The lowest BCUT2D eigenvalue weighted by Crippen LogP contribution is -2.23. The average molecular weight is 302 g/mol. The van der Waals surface area contributed by atoms with E-state index in [1.54, 1.807) is 19.3 Å². The first-order valence-corrected chi connectivity index (χ1v) is 7.35. The van der Waals surface area contributed by atoms with Crippen LogP contribution in [0, 0.1) is 6.92 Å². The first-order valence-electron chi connectivity index (χ1n) is 7.35. The van der Waals surface area contributed by atoms with Crippen LogP contribution in [0.2, 0.25) is 0 Å². The smallest absolute Gasteiger partial charge is 0.289 e. The van der Waals surface area contributed by atoms with E-state index in [0.717, 1.165) is 31.4 Å². The minimum Gasteiger partial charge on any atom is -0.438 e. The zero-order valence-corrected chi connectivity index (χ0v) is 12.4. The van der Waals surface area contributed by atoms with Crippen LogP contribution in [-0.4, -0.2) is 27.5 Å². The maximum Gasteiger partial charge on any atom is 0.289 e. The van der Waals surface area contributed by atoms with Gasteiger partial charge in [-0.15, -0.1) is 0 Å². The zero-order chi connectivity index (χ0) is 15.4. The highest BCUT2D eigenvalue weighted by Crippen LogP contribution is 2.24. The highest BCUT2D eigenvalue weighted by molar-refractivity contribution is 5.92. The van der Waals surface area contributed by atoms with Gasteiger partial charge in [0.2, 0.25) is 5.76 Å². The fraction of sp³-hybridized carbons (Fsp3) is 0.467. The van der Waals surface area contributed by atoms with Gasteiger partial charge in [-0.2, -0.15) is 0 Å². The van der Waals surface area contributed by atoms with Gasteiger partial charge in [0.25, 0.3) is 5.91 Å². The molecule has 1 saturated heterocycles. The summed E-state index contributed by atoms with van der Waals surface area (Å²) >= 11 is 0. The van der Waals surface area contributed by atoms with Crippen molar-refractivity contribution >= 4 is 5.91 Å². The summed E-state index contributed by atoms with van der Waals surface area (Å²) in [5.41, 5.74) is 1.39. The molecule has 7 heteroatoms. The lowest BCUT2D eigenvalue weighted by Gasteiger charge is -2.21. The van der Waals surface area contributed by atoms with E-state index < -0.39 is 0 Å². The van der Waals surface area contributed by atoms with Gasteiger partial charge in [0.05, 0.1) is 5.69 Å². The normalized spacial score (nSPS) is 18.1. The molecular formula is C15H18N4O3. The topological polar surface area (TPSA) is 90.1 Å². The van der Waals surface area contributed by atoms with Crippen LogP contribution in [0.4, 0.5) is 0 Å². The molecule has 7 nitrogen and oxygen atoms in total. The molecular weight excluding hydrogens is 284 g/mol. The van der Waals surface area contributed by atoms with Crippen LogP contribution in [0.25, 0.3) is 0 Å². The molecule has 0 radical (unpaired) electrons. The maximum absolute atomic E-state index is 11.9. The summed E-state index contributed by atoms with van der Waals surface area (Å²) in [5, 5.41) is 2.76. The second-order valence-corrected chi connectivity index (χ2v) is 5.25. The van der Waals surface area contributed by atoms with Gasteiger partial charge in [-0.05, 0) is 26.2 Å². The fourth-order valence-corrected chi connectivity index (χ4v) is 2.35. The third-order valence-corrected chi connectivity index (χ3v) is 3.60. The van der Waals surface area contributed by atoms with Crippen molar-refractivity contribution in [3.63, 3.8) is 0 Å². The van der Waals surface area contributed by atoms with E-state index in [-0.39, 0.29) is 17.8 Å². The Morgan fingerprint density at radius 3 is 2.77 bits per heavy atom. The summed E-state index contributed by atoms with van der Waals surface area (Å²) in [6, 6.07) is 0. The number of nitrogens with one attached hydrogen (secondary N) is 1. The van der Waals surface area contributed by atoms with Crippen LogP contribution in [0.5, 0.6) is 0 Å². The minimum atomic E-state index is -0.297. The van der Waals surface area contributed by atoms with Crippen molar-refractivity contribution < 1.29 is 13.9 Å². The molecule has 1 amide bonds. The van der Waals surface area contributed by atoms with Crippen LogP contribution in [0.3, 0.4) is 0 Å². The van der Waals surface area contributed by atoms with Crippen LogP contribution < -0.4 is 5.32 Å². The molecule has 2 aromatic rings. The van der Waals surface area contributed by atoms with Gasteiger partial charge in [-0.3, -0.25) is 4.79 Å². The molecule has 1 aliphatic heterocycles.